The number of nitrogens with zero attached hydrogens (tertiary/aromatic N) is 2. The van der Waals surface area contributed by atoms with E-state index in [1.165, 1.54) is 11.0 Å². The zero-order valence-electron chi connectivity index (χ0n) is 19.8. The van der Waals surface area contributed by atoms with Gasteiger partial charge in [0.1, 0.15) is 12.6 Å². The van der Waals surface area contributed by atoms with E-state index in [-0.39, 0.29) is 29.2 Å². The van der Waals surface area contributed by atoms with E-state index in [9.17, 15) is 18.0 Å². The van der Waals surface area contributed by atoms with Gasteiger partial charge in [0, 0.05) is 17.6 Å². The van der Waals surface area contributed by atoms with Crippen molar-refractivity contribution in [1.29, 1.82) is 0 Å². The van der Waals surface area contributed by atoms with Crippen LogP contribution in [0.3, 0.4) is 0 Å². The first-order valence-corrected chi connectivity index (χ1v) is 13.6. The van der Waals surface area contributed by atoms with Gasteiger partial charge in [-0.1, -0.05) is 61.3 Å². The fraction of sp³-hybridized carbons (Fsp3) is 0.417. The molecular weight excluding hydrogens is 497 g/mol. The van der Waals surface area contributed by atoms with Gasteiger partial charge in [-0.25, -0.2) is 8.42 Å². The summed E-state index contributed by atoms with van der Waals surface area (Å²) in [6, 6.07) is 12.5. The van der Waals surface area contributed by atoms with Gasteiger partial charge < -0.3 is 10.2 Å². The number of nitrogens with one attached hydrogen (secondary N) is 1. The first kappa shape index (κ1) is 28.0. The SMILES string of the molecule is CC[C@@H](C)NC(=O)[C@H](CC)N(Cc1ccc(Cl)cc1)C(=O)CN(c1ccccc1Cl)S(C)(=O)=O. The molecule has 0 aromatic heterocycles. The van der Waals surface area contributed by atoms with E-state index in [4.69, 9.17) is 23.2 Å². The highest BCUT2D eigenvalue weighted by Crippen LogP contribution is 2.27. The summed E-state index contributed by atoms with van der Waals surface area (Å²) in [5.74, 6) is -0.811. The van der Waals surface area contributed by atoms with E-state index in [2.05, 4.69) is 5.32 Å². The molecule has 0 aliphatic heterocycles. The Morgan fingerprint density at radius 2 is 1.62 bits per heavy atom. The van der Waals surface area contributed by atoms with Gasteiger partial charge in [-0.2, -0.15) is 0 Å². The Balaban J connectivity index is 2.44. The Morgan fingerprint density at radius 1 is 1.00 bits per heavy atom. The molecular formula is C24H31Cl2N3O4S. The van der Waals surface area contributed by atoms with Crippen molar-refractivity contribution in [2.75, 3.05) is 17.1 Å². The second-order valence-electron chi connectivity index (χ2n) is 8.11. The molecule has 0 aliphatic carbocycles. The van der Waals surface area contributed by atoms with Crippen LogP contribution >= 0.6 is 23.2 Å². The van der Waals surface area contributed by atoms with Gasteiger partial charge in [-0.3, -0.25) is 13.9 Å². The van der Waals surface area contributed by atoms with Crippen LogP contribution in [-0.2, 0) is 26.2 Å². The number of carbonyl (C=O) groups excluding carboxylic acids is 2. The number of hydrogen-bond acceptors (Lipinski definition) is 4. The Labute approximate surface area is 212 Å². The third-order valence-electron chi connectivity index (χ3n) is 5.45. The fourth-order valence-corrected chi connectivity index (χ4v) is 4.67. The van der Waals surface area contributed by atoms with Gasteiger partial charge in [-0.15, -0.1) is 0 Å². The number of amides is 2. The summed E-state index contributed by atoms with van der Waals surface area (Å²) < 4.78 is 26.2. The largest absolute Gasteiger partial charge is 0.352 e. The number of benzene rings is 2. The normalized spacial score (nSPS) is 13.1. The zero-order valence-corrected chi connectivity index (χ0v) is 22.1. The molecule has 0 unspecified atom stereocenters. The topological polar surface area (TPSA) is 86.8 Å². The summed E-state index contributed by atoms with van der Waals surface area (Å²) in [6.07, 6.45) is 2.11. The van der Waals surface area contributed by atoms with E-state index in [0.29, 0.717) is 11.4 Å². The lowest BCUT2D eigenvalue weighted by atomic mass is 10.1. The molecule has 0 radical (unpaired) electrons. The fourth-order valence-electron chi connectivity index (χ4n) is 3.40. The van der Waals surface area contributed by atoms with Crippen molar-refractivity contribution in [2.45, 2.75) is 52.2 Å². The Kier molecular flexibility index (Phi) is 10.2. The zero-order chi connectivity index (χ0) is 25.5. The third kappa shape index (κ3) is 7.61. The number of hydrogen-bond donors (Lipinski definition) is 1. The number of para-hydroxylation sites is 1. The molecule has 0 spiro atoms. The molecule has 2 rings (SSSR count). The highest BCUT2D eigenvalue weighted by molar-refractivity contribution is 7.92. The molecule has 34 heavy (non-hydrogen) atoms. The summed E-state index contributed by atoms with van der Waals surface area (Å²) in [6.45, 7) is 5.27. The molecule has 0 saturated heterocycles. The molecule has 0 saturated carbocycles. The van der Waals surface area contributed by atoms with Gasteiger partial charge in [0.05, 0.1) is 17.0 Å². The molecule has 0 fully saturated rings. The van der Waals surface area contributed by atoms with Gasteiger partial charge >= 0.3 is 0 Å². The molecule has 2 aromatic carbocycles. The van der Waals surface area contributed by atoms with E-state index in [0.717, 1.165) is 22.5 Å². The highest BCUT2D eigenvalue weighted by Gasteiger charge is 2.32. The van der Waals surface area contributed by atoms with E-state index >= 15 is 0 Å². The summed E-state index contributed by atoms with van der Waals surface area (Å²) in [7, 11) is -3.84. The first-order valence-electron chi connectivity index (χ1n) is 11.0. The molecule has 186 valence electrons. The van der Waals surface area contributed by atoms with Gasteiger partial charge in [-0.05, 0) is 49.6 Å². The van der Waals surface area contributed by atoms with Gasteiger partial charge in [0.25, 0.3) is 0 Å². The van der Waals surface area contributed by atoms with Crippen LogP contribution in [0.4, 0.5) is 5.69 Å². The number of carbonyl (C=O) groups is 2. The van der Waals surface area contributed by atoms with Crippen LogP contribution in [0.5, 0.6) is 0 Å². The standard InChI is InChI=1S/C24H31Cl2N3O4S/c1-5-17(3)27-24(31)21(6-2)28(15-18-11-13-19(25)14-12-18)23(30)16-29(34(4,32)33)22-10-8-7-9-20(22)26/h7-14,17,21H,5-6,15-16H2,1-4H3,(H,27,31)/t17-,21+/m1/s1. The number of rotatable bonds is 11. The van der Waals surface area contributed by atoms with Crippen molar-refractivity contribution in [3.05, 3.63) is 64.1 Å². The van der Waals surface area contributed by atoms with Crippen LogP contribution in [0, 0.1) is 0 Å². The monoisotopic (exact) mass is 527 g/mol. The van der Waals surface area contributed by atoms with Gasteiger partial charge in [0.15, 0.2) is 0 Å². The van der Waals surface area contributed by atoms with Crippen molar-refractivity contribution in [2.24, 2.45) is 0 Å². The predicted octanol–water partition coefficient (Wildman–Crippen LogP) is 4.48. The summed E-state index contributed by atoms with van der Waals surface area (Å²) in [5.41, 5.74) is 0.958. The number of sulfonamides is 1. The average Bonchev–Trinajstić information content (AvgIpc) is 2.78. The maximum atomic E-state index is 13.6. The molecule has 10 heteroatoms. The van der Waals surface area contributed by atoms with Crippen molar-refractivity contribution in [3.8, 4) is 0 Å². The van der Waals surface area contributed by atoms with E-state index < -0.39 is 28.5 Å². The number of anilines is 1. The van der Waals surface area contributed by atoms with Crippen LogP contribution in [0.2, 0.25) is 10.0 Å². The Morgan fingerprint density at radius 3 is 2.15 bits per heavy atom. The quantitative estimate of drug-likeness (QED) is 0.466. The molecule has 2 atom stereocenters. The lowest BCUT2D eigenvalue weighted by molar-refractivity contribution is -0.140. The summed E-state index contributed by atoms with van der Waals surface area (Å²) in [5, 5.41) is 3.68. The van der Waals surface area contributed by atoms with Gasteiger partial charge in [0.2, 0.25) is 21.8 Å². The molecule has 7 nitrogen and oxygen atoms in total. The summed E-state index contributed by atoms with van der Waals surface area (Å²) >= 11 is 12.2. The van der Waals surface area contributed by atoms with Crippen molar-refractivity contribution in [1.82, 2.24) is 10.2 Å². The van der Waals surface area contributed by atoms with Crippen LogP contribution in [0.1, 0.15) is 39.2 Å². The van der Waals surface area contributed by atoms with E-state index in [1.807, 2.05) is 20.8 Å². The smallest absolute Gasteiger partial charge is 0.244 e. The lowest BCUT2D eigenvalue weighted by Crippen LogP contribution is -2.53. The minimum absolute atomic E-state index is 0.0651. The highest BCUT2D eigenvalue weighted by atomic mass is 35.5. The van der Waals surface area contributed by atoms with Crippen LogP contribution in [0.25, 0.3) is 0 Å². The average molecular weight is 529 g/mol. The minimum atomic E-state index is -3.84. The third-order valence-corrected chi connectivity index (χ3v) is 7.15. The molecule has 2 amide bonds. The van der Waals surface area contributed by atoms with Crippen molar-refractivity contribution in [3.63, 3.8) is 0 Å². The molecule has 0 bridgehead atoms. The van der Waals surface area contributed by atoms with Crippen LogP contribution in [0.15, 0.2) is 48.5 Å². The Hall–Kier alpha value is -2.29. The van der Waals surface area contributed by atoms with Crippen molar-refractivity contribution >= 4 is 50.7 Å². The minimum Gasteiger partial charge on any atom is -0.352 e. The lowest BCUT2D eigenvalue weighted by Gasteiger charge is -2.33. The van der Waals surface area contributed by atoms with Crippen LogP contribution in [-0.4, -0.2) is 50.0 Å². The second kappa shape index (κ2) is 12.4. The van der Waals surface area contributed by atoms with Crippen molar-refractivity contribution < 1.29 is 18.0 Å². The van der Waals surface area contributed by atoms with E-state index in [1.54, 1.807) is 42.5 Å². The molecule has 1 N–H and O–H groups in total. The second-order valence-corrected chi connectivity index (χ2v) is 10.9. The maximum absolute atomic E-state index is 13.6. The predicted molar refractivity (Wildman–Crippen MR) is 138 cm³/mol. The summed E-state index contributed by atoms with van der Waals surface area (Å²) in [4.78, 5) is 28.1. The number of halogens is 2. The maximum Gasteiger partial charge on any atom is 0.244 e. The molecule has 2 aromatic rings. The molecule has 0 heterocycles. The first-order chi connectivity index (χ1) is 16.0. The van der Waals surface area contributed by atoms with Crippen LogP contribution < -0.4 is 9.62 Å². The molecule has 0 aliphatic rings. The Bertz CT molecular complexity index is 1090.